The molecule has 13 nitrogen and oxygen atoms in total. The summed E-state index contributed by atoms with van der Waals surface area (Å²) in [6.45, 7) is 3.56. The molecule has 1 N–H and O–H groups in total. The van der Waals surface area contributed by atoms with E-state index in [1.54, 1.807) is 4.90 Å². The Morgan fingerprint density at radius 3 is 2.60 bits per heavy atom. The second kappa shape index (κ2) is 14.9. The van der Waals surface area contributed by atoms with Crippen LogP contribution in [0.4, 0.5) is 21.1 Å². The number of ether oxygens (including phenoxy) is 3. The zero-order valence-electron chi connectivity index (χ0n) is 27.7. The number of anilines is 2. The average Bonchev–Trinajstić information content (AvgIpc) is 3.16. The highest BCUT2D eigenvalue weighted by atomic mass is 16.6. The quantitative estimate of drug-likeness (QED) is 0.277. The Morgan fingerprint density at radius 2 is 1.76 bits per heavy atom. The maximum atomic E-state index is 13.2. The van der Waals surface area contributed by atoms with E-state index in [0.717, 1.165) is 45.6 Å². The van der Waals surface area contributed by atoms with E-state index in [2.05, 4.69) is 46.2 Å². The van der Waals surface area contributed by atoms with Gasteiger partial charge < -0.3 is 38.9 Å². The summed E-state index contributed by atoms with van der Waals surface area (Å²) >= 11 is 0. The predicted molar refractivity (Wildman–Crippen MR) is 185 cm³/mol. The Bertz CT molecular complexity index is 1880. The lowest BCUT2D eigenvalue weighted by Crippen LogP contribution is -2.55. The molecule has 3 aromatic carbocycles. The van der Waals surface area contributed by atoms with Crippen LogP contribution in [0.5, 0.6) is 6.01 Å². The third-order valence-electron chi connectivity index (χ3n) is 9.49. The second-order valence-electron chi connectivity index (χ2n) is 12.7. The molecule has 0 aliphatic carbocycles. The van der Waals surface area contributed by atoms with Crippen molar-refractivity contribution in [1.29, 1.82) is 5.26 Å². The number of benzene rings is 3. The molecule has 13 heteroatoms. The fourth-order valence-electron chi connectivity index (χ4n) is 6.94. The smallest absolute Gasteiger partial charge is 0.410 e. The van der Waals surface area contributed by atoms with Crippen LogP contribution in [0, 0.1) is 11.3 Å². The first kappa shape index (κ1) is 32.9. The van der Waals surface area contributed by atoms with Gasteiger partial charge in [0.05, 0.1) is 43.9 Å². The minimum atomic E-state index is -0.992. The van der Waals surface area contributed by atoms with Gasteiger partial charge in [0.25, 0.3) is 0 Å². The number of carbonyl (C=O) groups excluding carboxylic acids is 1. The van der Waals surface area contributed by atoms with Gasteiger partial charge in [-0.05, 0) is 23.4 Å². The number of morpholine rings is 1. The fraction of sp³-hybridized carbons (Fsp3) is 0.378. The van der Waals surface area contributed by atoms with E-state index in [-0.39, 0.29) is 38.8 Å². The average molecular weight is 678 g/mol. The topological polar surface area (TPSA) is 145 Å². The van der Waals surface area contributed by atoms with Gasteiger partial charge in [-0.1, -0.05) is 66.7 Å². The summed E-state index contributed by atoms with van der Waals surface area (Å²) in [5, 5.41) is 21.5. The highest BCUT2D eigenvalue weighted by Crippen LogP contribution is 2.35. The van der Waals surface area contributed by atoms with Crippen molar-refractivity contribution in [1.82, 2.24) is 19.8 Å². The molecule has 0 saturated carbocycles. The van der Waals surface area contributed by atoms with Gasteiger partial charge in [-0.25, -0.2) is 9.59 Å². The molecule has 0 spiro atoms. The molecule has 2 atom stereocenters. The van der Waals surface area contributed by atoms with Gasteiger partial charge in [0, 0.05) is 49.4 Å². The minimum Gasteiger partial charge on any atom is -0.465 e. The van der Waals surface area contributed by atoms with E-state index >= 15 is 0 Å². The van der Waals surface area contributed by atoms with Gasteiger partial charge in [0.1, 0.15) is 25.1 Å². The molecular formula is C37H39N7O6. The Kier molecular flexibility index (Phi) is 9.79. The molecule has 3 aliphatic rings. The summed E-state index contributed by atoms with van der Waals surface area (Å²) in [5.74, 6) is 0.722. The van der Waals surface area contributed by atoms with Crippen LogP contribution in [-0.2, 0) is 29.0 Å². The minimum absolute atomic E-state index is 0.0904. The van der Waals surface area contributed by atoms with Crippen molar-refractivity contribution in [2.75, 3.05) is 62.3 Å². The number of hydrogen-bond donors (Lipinski definition) is 1. The molecule has 3 aliphatic heterocycles. The summed E-state index contributed by atoms with van der Waals surface area (Å²) in [7, 11) is 0. The normalized spacial score (nSPS) is 19.1. The summed E-state index contributed by atoms with van der Waals surface area (Å²) in [6, 6.07) is 26.2. The first-order valence-corrected chi connectivity index (χ1v) is 16.9. The third kappa shape index (κ3) is 7.21. The number of nitrogens with zero attached hydrogens (tertiary/aromatic N) is 7. The molecule has 50 heavy (non-hydrogen) atoms. The van der Waals surface area contributed by atoms with E-state index in [4.69, 9.17) is 24.2 Å². The van der Waals surface area contributed by atoms with E-state index in [9.17, 15) is 20.0 Å². The number of piperazine rings is 1. The van der Waals surface area contributed by atoms with E-state index in [0.29, 0.717) is 39.1 Å². The lowest BCUT2D eigenvalue weighted by Gasteiger charge is -2.42. The molecule has 2 fully saturated rings. The fourth-order valence-corrected chi connectivity index (χ4v) is 6.94. The molecule has 2 saturated heterocycles. The van der Waals surface area contributed by atoms with Crippen molar-refractivity contribution in [2.24, 2.45) is 0 Å². The number of nitriles is 1. The Morgan fingerprint density at radius 1 is 0.940 bits per heavy atom. The molecule has 4 aromatic rings. The SMILES string of the molecule is N#CCC1CN(c2nc(OCC3CN(C(=O)O)CCO3)nc3c2CCN(c2cccc4ccccc24)C3)CCN1C(=O)OCc1ccccc1. The molecule has 0 radical (unpaired) electrons. The standard InChI is InChI=1S/C37H39N7O6/c38-15-13-28-21-42(17-18-44(28)37(47)50-24-26-7-2-1-3-8-26)34-31-14-16-41(33-12-6-10-27-9-4-5-11-30(27)33)23-32(31)39-35(40-34)49-25-29-22-43(36(45)46)19-20-48-29/h1-12,28-29H,13-14,16-25H2,(H,45,46). The number of aromatic nitrogens is 2. The van der Waals surface area contributed by atoms with Crippen LogP contribution < -0.4 is 14.5 Å². The highest BCUT2D eigenvalue weighted by Gasteiger charge is 2.35. The van der Waals surface area contributed by atoms with Gasteiger partial charge in [-0.15, -0.1) is 0 Å². The van der Waals surface area contributed by atoms with Gasteiger partial charge in [0.15, 0.2) is 0 Å². The summed E-state index contributed by atoms with van der Waals surface area (Å²) < 4.78 is 17.6. The molecule has 4 heterocycles. The van der Waals surface area contributed by atoms with E-state index in [1.165, 1.54) is 4.90 Å². The van der Waals surface area contributed by atoms with E-state index in [1.807, 2.05) is 42.5 Å². The maximum Gasteiger partial charge on any atom is 0.410 e. The van der Waals surface area contributed by atoms with Crippen LogP contribution >= 0.6 is 0 Å². The van der Waals surface area contributed by atoms with Crippen LogP contribution in [0.3, 0.4) is 0 Å². The van der Waals surface area contributed by atoms with E-state index < -0.39 is 24.3 Å². The summed E-state index contributed by atoms with van der Waals surface area (Å²) in [5.41, 5.74) is 3.86. The van der Waals surface area contributed by atoms with Crippen LogP contribution in [0.15, 0.2) is 72.8 Å². The van der Waals surface area contributed by atoms with Crippen molar-refractivity contribution < 1.29 is 28.9 Å². The molecule has 2 amide bonds. The number of carboxylic acid groups (broad SMARTS) is 1. The van der Waals surface area contributed by atoms with Crippen molar-refractivity contribution in [2.45, 2.75) is 38.1 Å². The van der Waals surface area contributed by atoms with Crippen LogP contribution in [0.1, 0.15) is 23.2 Å². The van der Waals surface area contributed by atoms with Gasteiger partial charge in [-0.2, -0.15) is 15.2 Å². The zero-order chi connectivity index (χ0) is 34.5. The van der Waals surface area contributed by atoms with Gasteiger partial charge in [-0.3, -0.25) is 0 Å². The first-order valence-electron chi connectivity index (χ1n) is 16.9. The predicted octanol–water partition coefficient (Wildman–Crippen LogP) is 4.69. The van der Waals surface area contributed by atoms with Crippen molar-refractivity contribution in [3.63, 3.8) is 0 Å². The second-order valence-corrected chi connectivity index (χ2v) is 12.7. The van der Waals surface area contributed by atoms with Gasteiger partial charge in [0.2, 0.25) is 0 Å². The summed E-state index contributed by atoms with van der Waals surface area (Å²) in [4.78, 5) is 42.0. The molecule has 2 unspecified atom stereocenters. The van der Waals surface area contributed by atoms with Crippen molar-refractivity contribution in [3.8, 4) is 12.1 Å². The lowest BCUT2D eigenvalue weighted by molar-refractivity contribution is -0.0425. The Balaban J connectivity index is 1.14. The number of carbonyl (C=O) groups is 2. The summed E-state index contributed by atoms with van der Waals surface area (Å²) in [6.07, 6.45) is -1.07. The lowest BCUT2D eigenvalue weighted by atomic mass is 10.0. The van der Waals surface area contributed by atoms with Crippen LogP contribution in [0.25, 0.3) is 10.8 Å². The highest BCUT2D eigenvalue weighted by molar-refractivity contribution is 5.94. The number of rotatable bonds is 8. The van der Waals surface area contributed by atoms with Crippen molar-refractivity contribution in [3.05, 3.63) is 89.6 Å². The molecule has 7 rings (SSSR count). The Hall–Kier alpha value is -5.61. The Labute approximate surface area is 290 Å². The van der Waals surface area contributed by atoms with Gasteiger partial charge >= 0.3 is 18.2 Å². The third-order valence-corrected chi connectivity index (χ3v) is 9.49. The maximum absolute atomic E-state index is 13.2. The number of amides is 2. The largest absolute Gasteiger partial charge is 0.465 e. The van der Waals surface area contributed by atoms with Crippen LogP contribution in [0.2, 0.25) is 0 Å². The number of hydrogen-bond acceptors (Lipinski definition) is 10. The molecule has 0 bridgehead atoms. The molecule has 1 aromatic heterocycles. The van der Waals surface area contributed by atoms with Crippen LogP contribution in [-0.4, -0.2) is 102 Å². The number of fused-ring (bicyclic) bond motifs is 2. The monoisotopic (exact) mass is 677 g/mol. The first-order chi connectivity index (χ1) is 24.5. The zero-order valence-corrected chi connectivity index (χ0v) is 27.7. The van der Waals surface area contributed by atoms with Crippen molar-refractivity contribution >= 4 is 34.5 Å². The molecular weight excluding hydrogens is 638 g/mol. The molecule has 258 valence electrons.